The monoisotopic (exact) mass is 342 g/mol. The van der Waals surface area contributed by atoms with E-state index in [9.17, 15) is 9.59 Å². The van der Waals surface area contributed by atoms with Gasteiger partial charge in [-0.3, -0.25) is 14.7 Å². The van der Waals surface area contributed by atoms with E-state index < -0.39 is 0 Å². The summed E-state index contributed by atoms with van der Waals surface area (Å²) < 4.78 is 0.731. The van der Waals surface area contributed by atoms with Gasteiger partial charge in [-0.2, -0.15) is 5.10 Å². The molecular weight excluding hydrogens is 324 g/mol. The fraction of sp³-hybridized carbons (Fsp3) is 0.615. The van der Waals surface area contributed by atoms with E-state index in [1.807, 2.05) is 13.8 Å². The summed E-state index contributed by atoms with van der Waals surface area (Å²) >= 11 is 3.44. The Hall–Kier alpha value is -1.37. The molecule has 1 aromatic rings. The molecule has 110 valence electrons. The number of nitrogens with two attached hydrogens (primary N) is 1. The molecule has 0 saturated carbocycles. The lowest BCUT2D eigenvalue weighted by molar-refractivity contribution is -0.123. The third kappa shape index (κ3) is 2.87. The summed E-state index contributed by atoms with van der Waals surface area (Å²) in [5, 5.41) is 7.01. The van der Waals surface area contributed by atoms with Gasteiger partial charge in [-0.1, -0.05) is 13.8 Å². The molecule has 2 heterocycles. The highest BCUT2D eigenvalue weighted by Gasteiger charge is 2.29. The van der Waals surface area contributed by atoms with E-state index in [1.54, 1.807) is 4.90 Å². The fourth-order valence-corrected chi connectivity index (χ4v) is 3.19. The highest BCUT2D eigenvalue weighted by molar-refractivity contribution is 9.10. The number of primary amides is 1. The minimum atomic E-state index is -0.278. The summed E-state index contributed by atoms with van der Waals surface area (Å²) in [6.45, 7) is 5.15. The molecule has 2 rings (SSSR count). The van der Waals surface area contributed by atoms with Crippen molar-refractivity contribution in [3.05, 3.63) is 15.9 Å². The van der Waals surface area contributed by atoms with Crippen LogP contribution < -0.4 is 5.73 Å². The Morgan fingerprint density at radius 2 is 2.00 bits per heavy atom. The zero-order chi connectivity index (χ0) is 14.9. The van der Waals surface area contributed by atoms with Crippen LogP contribution in [-0.4, -0.2) is 40.0 Å². The van der Waals surface area contributed by atoms with Crippen molar-refractivity contribution in [2.24, 2.45) is 11.7 Å². The maximum Gasteiger partial charge on any atom is 0.275 e. The molecule has 1 saturated heterocycles. The smallest absolute Gasteiger partial charge is 0.275 e. The first kappa shape index (κ1) is 15.0. The van der Waals surface area contributed by atoms with Crippen LogP contribution in [0.5, 0.6) is 0 Å². The molecule has 0 unspecified atom stereocenters. The zero-order valence-corrected chi connectivity index (χ0v) is 13.2. The van der Waals surface area contributed by atoms with E-state index in [-0.39, 0.29) is 23.7 Å². The number of aromatic amines is 1. The third-order valence-electron chi connectivity index (χ3n) is 3.70. The maximum absolute atomic E-state index is 12.4. The number of amides is 2. The minimum absolute atomic E-state index is 0.108. The molecule has 1 fully saturated rings. The van der Waals surface area contributed by atoms with Gasteiger partial charge in [0.15, 0.2) is 5.69 Å². The second-order valence-corrected chi connectivity index (χ2v) is 6.22. The summed E-state index contributed by atoms with van der Waals surface area (Å²) in [6.07, 6.45) is 1.25. The Balaban J connectivity index is 2.08. The maximum atomic E-state index is 12.4. The number of nitrogens with zero attached hydrogens (tertiary/aromatic N) is 2. The van der Waals surface area contributed by atoms with Gasteiger partial charge < -0.3 is 10.6 Å². The molecule has 0 aromatic carbocycles. The van der Waals surface area contributed by atoms with Gasteiger partial charge in [0.2, 0.25) is 5.91 Å². The van der Waals surface area contributed by atoms with Crippen LogP contribution in [0.2, 0.25) is 0 Å². The molecule has 0 spiro atoms. The second-order valence-electron chi connectivity index (χ2n) is 5.42. The van der Waals surface area contributed by atoms with Gasteiger partial charge in [0.05, 0.1) is 10.2 Å². The van der Waals surface area contributed by atoms with Crippen LogP contribution in [0.1, 0.15) is 48.8 Å². The van der Waals surface area contributed by atoms with Crippen LogP contribution in [0.15, 0.2) is 4.47 Å². The van der Waals surface area contributed by atoms with Crippen molar-refractivity contribution in [3.8, 4) is 0 Å². The standard InChI is InChI=1S/C13H19BrN4O2/c1-7(2)10-9(14)11(17-16-10)13(20)18-5-3-8(4-6-18)12(15)19/h7-8H,3-6H2,1-2H3,(H2,15,19)(H,16,17). The molecule has 0 atom stereocenters. The number of likely N-dealkylation sites (tertiary alicyclic amines) is 1. The average molecular weight is 343 g/mol. The zero-order valence-electron chi connectivity index (χ0n) is 11.6. The Labute approximate surface area is 126 Å². The summed E-state index contributed by atoms with van der Waals surface area (Å²) in [5.41, 5.74) is 6.62. The summed E-state index contributed by atoms with van der Waals surface area (Å²) in [4.78, 5) is 25.3. The Bertz CT molecular complexity index is 518. The minimum Gasteiger partial charge on any atom is -0.369 e. The van der Waals surface area contributed by atoms with Gasteiger partial charge >= 0.3 is 0 Å². The van der Waals surface area contributed by atoms with Crippen LogP contribution in [0.4, 0.5) is 0 Å². The molecular formula is C13H19BrN4O2. The molecule has 1 aliphatic heterocycles. The normalized spacial score (nSPS) is 16.7. The van der Waals surface area contributed by atoms with Crippen LogP contribution >= 0.6 is 15.9 Å². The van der Waals surface area contributed by atoms with Crippen LogP contribution in [-0.2, 0) is 4.79 Å². The predicted molar refractivity (Wildman–Crippen MR) is 78.2 cm³/mol. The van der Waals surface area contributed by atoms with E-state index >= 15 is 0 Å². The van der Waals surface area contributed by atoms with Crippen molar-refractivity contribution in [2.75, 3.05) is 13.1 Å². The van der Waals surface area contributed by atoms with Crippen molar-refractivity contribution in [1.82, 2.24) is 15.1 Å². The van der Waals surface area contributed by atoms with E-state index in [1.165, 1.54) is 0 Å². The predicted octanol–water partition coefficient (Wildman–Crippen LogP) is 1.63. The largest absolute Gasteiger partial charge is 0.369 e. The number of H-pyrrole nitrogens is 1. The van der Waals surface area contributed by atoms with Crippen molar-refractivity contribution in [2.45, 2.75) is 32.6 Å². The lowest BCUT2D eigenvalue weighted by Crippen LogP contribution is -2.42. The van der Waals surface area contributed by atoms with Crippen molar-refractivity contribution in [1.29, 1.82) is 0 Å². The molecule has 2 amide bonds. The molecule has 1 aromatic heterocycles. The van der Waals surface area contributed by atoms with Crippen molar-refractivity contribution >= 4 is 27.7 Å². The molecule has 0 radical (unpaired) electrons. The molecule has 1 aliphatic rings. The highest BCUT2D eigenvalue weighted by atomic mass is 79.9. The Kier molecular flexibility index (Phi) is 4.47. The topological polar surface area (TPSA) is 92.1 Å². The number of aromatic nitrogens is 2. The van der Waals surface area contributed by atoms with E-state index in [0.717, 1.165) is 10.2 Å². The molecule has 0 bridgehead atoms. The van der Waals surface area contributed by atoms with Crippen LogP contribution in [0, 0.1) is 5.92 Å². The number of nitrogens with one attached hydrogen (secondary N) is 1. The van der Waals surface area contributed by atoms with Gasteiger partial charge in [0.1, 0.15) is 0 Å². The first-order valence-corrected chi connectivity index (χ1v) is 7.53. The lowest BCUT2D eigenvalue weighted by Gasteiger charge is -2.30. The van der Waals surface area contributed by atoms with Crippen molar-refractivity contribution < 1.29 is 9.59 Å². The molecule has 7 heteroatoms. The second kappa shape index (κ2) is 5.95. The Morgan fingerprint density at radius 3 is 2.45 bits per heavy atom. The number of rotatable bonds is 3. The third-order valence-corrected chi connectivity index (χ3v) is 4.50. The summed E-state index contributed by atoms with van der Waals surface area (Å²) in [5.74, 6) is -0.241. The Morgan fingerprint density at radius 1 is 1.40 bits per heavy atom. The molecule has 3 N–H and O–H groups in total. The van der Waals surface area contributed by atoms with Gasteiger partial charge in [-0.05, 0) is 34.7 Å². The average Bonchev–Trinajstić information content (AvgIpc) is 2.80. The first-order chi connectivity index (χ1) is 9.41. The lowest BCUT2D eigenvalue weighted by atomic mass is 9.96. The highest BCUT2D eigenvalue weighted by Crippen LogP contribution is 2.27. The van der Waals surface area contributed by atoms with Crippen molar-refractivity contribution in [3.63, 3.8) is 0 Å². The quantitative estimate of drug-likeness (QED) is 0.874. The molecule has 20 heavy (non-hydrogen) atoms. The summed E-state index contributed by atoms with van der Waals surface area (Å²) in [7, 11) is 0. The van der Waals surface area contributed by atoms with E-state index in [2.05, 4.69) is 26.1 Å². The number of hydrogen-bond donors (Lipinski definition) is 2. The number of carbonyl (C=O) groups excluding carboxylic acids is 2. The number of hydrogen-bond acceptors (Lipinski definition) is 3. The molecule has 0 aliphatic carbocycles. The van der Waals surface area contributed by atoms with Crippen LogP contribution in [0.25, 0.3) is 0 Å². The van der Waals surface area contributed by atoms with Gasteiger partial charge in [-0.25, -0.2) is 0 Å². The first-order valence-electron chi connectivity index (χ1n) is 6.74. The number of carbonyl (C=O) groups is 2. The van der Waals surface area contributed by atoms with Gasteiger partial charge in [0.25, 0.3) is 5.91 Å². The summed E-state index contributed by atoms with van der Waals surface area (Å²) in [6, 6.07) is 0. The van der Waals surface area contributed by atoms with Gasteiger partial charge in [0, 0.05) is 19.0 Å². The van der Waals surface area contributed by atoms with Gasteiger partial charge in [-0.15, -0.1) is 0 Å². The van der Waals surface area contributed by atoms with E-state index in [0.29, 0.717) is 31.6 Å². The SMILES string of the molecule is CC(C)c1[nH]nc(C(=O)N2CCC(C(N)=O)CC2)c1Br. The number of piperidine rings is 1. The molecule has 6 nitrogen and oxygen atoms in total. The van der Waals surface area contributed by atoms with E-state index in [4.69, 9.17) is 5.73 Å². The van der Waals surface area contributed by atoms with Crippen LogP contribution in [0.3, 0.4) is 0 Å². The fourth-order valence-electron chi connectivity index (χ4n) is 2.38. The number of halogens is 1.